The first kappa shape index (κ1) is 12.5. The van der Waals surface area contributed by atoms with Gasteiger partial charge in [0.15, 0.2) is 0 Å². The first-order valence-corrected chi connectivity index (χ1v) is 6.43. The maximum Gasteiger partial charge on any atom is 0.226 e. The quantitative estimate of drug-likeness (QED) is 0.713. The highest BCUT2D eigenvalue weighted by Crippen LogP contribution is 2.22. The molecule has 0 spiro atoms. The van der Waals surface area contributed by atoms with Crippen LogP contribution in [0.1, 0.15) is 11.3 Å². The van der Waals surface area contributed by atoms with Crippen LogP contribution in [0, 0.1) is 13.1 Å². The smallest absolute Gasteiger partial charge is 0.226 e. The standard InChI is InChI=1S/C17H14NO2/c1-13-11-18-17(20-13)15-7-9-16(10-8-15)19-12-14-5-3-2-4-6-14/h2-10H,12H2,1H3. The summed E-state index contributed by atoms with van der Waals surface area (Å²) in [6, 6.07) is 17.8. The second-order valence-electron chi connectivity index (χ2n) is 4.49. The van der Waals surface area contributed by atoms with Crippen molar-refractivity contribution in [2.24, 2.45) is 0 Å². The first-order valence-electron chi connectivity index (χ1n) is 6.43. The van der Waals surface area contributed by atoms with E-state index in [1.165, 1.54) is 0 Å². The van der Waals surface area contributed by atoms with Crippen molar-refractivity contribution in [3.8, 4) is 17.2 Å². The fourth-order valence-corrected chi connectivity index (χ4v) is 1.88. The lowest BCUT2D eigenvalue weighted by Crippen LogP contribution is -1.94. The maximum atomic E-state index is 5.73. The molecule has 3 rings (SSSR count). The number of rotatable bonds is 4. The van der Waals surface area contributed by atoms with Crippen LogP contribution in [0.25, 0.3) is 11.5 Å². The Labute approximate surface area is 117 Å². The van der Waals surface area contributed by atoms with E-state index in [2.05, 4.69) is 11.2 Å². The summed E-state index contributed by atoms with van der Waals surface area (Å²) in [6.45, 7) is 2.39. The van der Waals surface area contributed by atoms with Gasteiger partial charge in [0.25, 0.3) is 0 Å². The molecular formula is C17H14NO2. The lowest BCUT2D eigenvalue weighted by atomic mass is 10.2. The van der Waals surface area contributed by atoms with E-state index in [-0.39, 0.29) is 0 Å². The van der Waals surface area contributed by atoms with Gasteiger partial charge in [-0.15, -0.1) is 0 Å². The van der Waals surface area contributed by atoms with Crippen LogP contribution in [0.2, 0.25) is 0 Å². The highest BCUT2D eigenvalue weighted by Gasteiger charge is 2.04. The van der Waals surface area contributed by atoms with Crippen LogP contribution < -0.4 is 4.74 Å². The highest BCUT2D eigenvalue weighted by molar-refractivity contribution is 5.54. The van der Waals surface area contributed by atoms with Gasteiger partial charge >= 0.3 is 0 Å². The van der Waals surface area contributed by atoms with Gasteiger partial charge in [0.05, 0.1) is 0 Å². The molecule has 0 N–H and O–H groups in total. The van der Waals surface area contributed by atoms with E-state index in [9.17, 15) is 0 Å². The Morgan fingerprint density at radius 1 is 1.05 bits per heavy atom. The summed E-state index contributed by atoms with van der Waals surface area (Å²) in [7, 11) is 0. The Balaban J connectivity index is 1.67. The summed E-state index contributed by atoms with van der Waals surface area (Å²) >= 11 is 0. The zero-order chi connectivity index (χ0) is 13.8. The molecule has 0 atom stereocenters. The normalized spacial score (nSPS) is 10.4. The van der Waals surface area contributed by atoms with E-state index < -0.39 is 0 Å². The predicted octanol–water partition coefficient (Wildman–Crippen LogP) is 4.03. The van der Waals surface area contributed by atoms with Crippen LogP contribution in [0.3, 0.4) is 0 Å². The van der Waals surface area contributed by atoms with Crippen LogP contribution in [-0.2, 0) is 6.61 Å². The van der Waals surface area contributed by atoms with Crippen molar-refractivity contribution in [3.63, 3.8) is 0 Å². The SMILES string of the molecule is Cc1[c]nc(-c2ccc(OCc3ccccc3)cc2)o1. The Morgan fingerprint density at radius 2 is 1.80 bits per heavy atom. The molecule has 1 radical (unpaired) electrons. The van der Waals surface area contributed by atoms with E-state index in [0.29, 0.717) is 18.3 Å². The molecule has 1 heterocycles. The Hall–Kier alpha value is -2.55. The molecule has 0 unspecified atom stereocenters. The topological polar surface area (TPSA) is 35.3 Å². The van der Waals surface area contributed by atoms with Gasteiger partial charge in [-0.25, -0.2) is 4.98 Å². The number of nitrogens with zero attached hydrogens (tertiary/aromatic N) is 1. The fraction of sp³-hybridized carbons (Fsp3) is 0.118. The molecule has 0 aliphatic heterocycles. The fourth-order valence-electron chi connectivity index (χ4n) is 1.88. The van der Waals surface area contributed by atoms with Gasteiger partial charge in [-0.05, 0) is 36.8 Å². The maximum absolute atomic E-state index is 5.73. The second kappa shape index (κ2) is 5.61. The molecule has 0 aliphatic rings. The molecule has 0 bridgehead atoms. The Morgan fingerprint density at radius 3 is 2.45 bits per heavy atom. The second-order valence-corrected chi connectivity index (χ2v) is 4.49. The molecule has 3 nitrogen and oxygen atoms in total. The average molecular weight is 264 g/mol. The molecule has 0 saturated heterocycles. The molecule has 20 heavy (non-hydrogen) atoms. The predicted molar refractivity (Wildman–Crippen MR) is 76.3 cm³/mol. The van der Waals surface area contributed by atoms with Crippen molar-refractivity contribution in [2.45, 2.75) is 13.5 Å². The van der Waals surface area contributed by atoms with Gasteiger partial charge in [-0.2, -0.15) is 0 Å². The van der Waals surface area contributed by atoms with Crippen molar-refractivity contribution in [2.75, 3.05) is 0 Å². The molecule has 0 aliphatic carbocycles. The summed E-state index contributed by atoms with van der Waals surface area (Å²) in [6.07, 6.45) is 2.78. The number of hydrogen-bond acceptors (Lipinski definition) is 3. The average Bonchev–Trinajstić information content (AvgIpc) is 2.93. The van der Waals surface area contributed by atoms with Crippen molar-refractivity contribution in [1.29, 1.82) is 0 Å². The van der Waals surface area contributed by atoms with Crippen molar-refractivity contribution >= 4 is 0 Å². The molecule has 3 heteroatoms. The van der Waals surface area contributed by atoms with Gasteiger partial charge in [0.1, 0.15) is 24.3 Å². The van der Waals surface area contributed by atoms with Crippen LogP contribution in [-0.4, -0.2) is 4.98 Å². The van der Waals surface area contributed by atoms with E-state index in [1.54, 1.807) is 0 Å². The summed E-state index contributed by atoms with van der Waals surface area (Å²) < 4.78 is 11.2. The zero-order valence-corrected chi connectivity index (χ0v) is 11.2. The van der Waals surface area contributed by atoms with Gasteiger partial charge in [-0.3, -0.25) is 0 Å². The molecule has 0 saturated carbocycles. The van der Waals surface area contributed by atoms with E-state index >= 15 is 0 Å². The Bertz CT molecular complexity index is 672. The van der Waals surface area contributed by atoms with Gasteiger partial charge in [-0.1, -0.05) is 30.3 Å². The van der Waals surface area contributed by atoms with Crippen LogP contribution in [0.15, 0.2) is 59.0 Å². The lowest BCUT2D eigenvalue weighted by Gasteiger charge is -2.06. The Kier molecular flexibility index (Phi) is 3.50. The molecule has 99 valence electrons. The first-order chi connectivity index (χ1) is 9.81. The number of aromatic nitrogens is 1. The summed E-state index contributed by atoms with van der Waals surface area (Å²) in [5.41, 5.74) is 2.07. The van der Waals surface area contributed by atoms with E-state index in [4.69, 9.17) is 9.15 Å². The number of benzene rings is 2. The van der Waals surface area contributed by atoms with Gasteiger partial charge in [0, 0.05) is 5.56 Å². The molecule has 0 fully saturated rings. The van der Waals surface area contributed by atoms with E-state index in [1.807, 2.05) is 61.5 Å². The molecule has 3 aromatic rings. The minimum Gasteiger partial charge on any atom is -0.489 e. The zero-order valence-electron chi connectivity index (χ0n) is 11.2. The lowest BCUT2D eigenvalue weighted by molar-refractivity contribution is 0.306. The summed E-state index contributed by atoms with van der Waals surface area (Å²) in [5.74, 6) is 2.09. The molecule has 0 amide bonds. The van der Waals surface area contributed by atoms with Crippen molar-refractivity contribution < 1.29 is 9.15 Å². The third-order valence-electron chi connectivity index (χ3n) is 2.91. The highest BCUT2D eigenvalue weighted by atomic mass is 16.5. The molecular weight excluding hydrogens is 250 g/mol. The van der Waals surface area contributed by atoms with Crippen LogP contribution in [0.5, 0.6) is 5.75 Å². The van der Waals surface area contributed by atoms with Crippen LogP contribution in [0.4, 0.5) is 0 Å². The van der Waals surface area contributed by atoms with Crippen molar-refractivity contribution in [1.82, 2.24) is 4.98 Å². The van der Waals surface area contributed by atoms with Crippen molar-refractivity contribution in [3.05, 3.63) is 72.1 Å². The van der Waals surface area contributed by atoms with Gasteiger partial charge < -0.3 is 9.15 Å². The number of ether oxygens (including phenoxy) is 1. The minimum absolute atomic E-state index is 0.562. The third-order valence-corrected chi connectivity index (χ3v) is 2.91. The van der Waals surface area contributed by atoms with E-state index in [0.717, 1.165) is 16.9 Å². The molecule has 1 aromatic heterocycles. The number of hydrogen-bond donors (Lipinski definition) is 0. The number of oxazole rings is 1. The summed E-state index contributed by atoms with van der Waals surface area (Å²) in [5, 5.41) is 0. The van der Waals surface area contributed by atoms with Crippen LogP contribution >= 0.6 is 0 Å². The third kappa shape index (κ3) is 2.88. The summed E-state index contributed by atoms with van der Waals surface area (Å²) in [4.78, 5) is 4.08. The largest absolute Gasteiger partial charge is 0.489 e. The molecule has 2 aromatic carbocycles. The monoisotopic (exact) mass is 264 g/mol. The number of aryl methyl sites for hydroxylation is 1. The van der Waals surface area contributed by atoms with Gasteiger partial charge in [0.2, 0.25) is 5.89 Å². The minimum atomic E-state index is 0.562.